The highest BCUT2D eigenvalue weighted by Crippen LogP contribution is 2.10. The molecule has 0 amide bonds. The highest BCUT2D eigenvalue weighted by atomic mass is 16.5. The van der Waals surface area contributed by atoms with E-state index in [2.05, 4.69) is 11.9 Å². The Bertz CT molecular complexity index is 249. The van der Waals surface area contributed by atoms with Crippen LogP contribution >= 0.6 is 0 Å². The molecule has 0 unspecified atom stereocenters. The van der Waals surface area contributed by atoms with E-state index in [-0.39, 0.29) is 17.9 Å². The smallest absolute Gasteiger partial charge is 0.330 e. The molecular formula is C16H31NO2. The van der Waals surface area contributed by atoms with Crippen molar-refractivity contribution >= 4 is 12.2 Å². The Morgan fingerprint density at radius 3 is 2.21 bits per heavy atom. The van der Waals surface area contributed by atoms with E-state index in [1.807, 2.05) is 20.1 Å². The van der Waals surface area contributed by atoms with Gasteiger partial charge in [-0.2, -0.15) is 0 Å². The third kappa shape index (κ3) is 9.69. The third-order valence-electron chi connectivity index (χ3n) is 3.28. The van der Waals surface area contributed by atoms with E-state index in [1.165, 1.54) is 52.1 Å². The lowest BCUT2D eigenvalue weighted by Crippen LogP contribution is -2.25. The van der Waals surface area contributed by atoms with Crippen molar-refractivity contribution in [1.82, 2.24) is 0 Å². The van der Waals surface area contributed by atoms with Gasteiger partial charge in [0.05, 0.1) is 7.11 Å². The van der Waals surface area contributed by atoms with Crippen LogP contribution in [0, 0.1) is 5.92 Å². The zero-order chi connectivity index (χ0) is 14.5. The quantitative estimate of drug-likeness (QED) is 0.317. The Balaban J connectivity index is 3.67. The van der Waals surface area contributed by atoms with Crippen LogP contribution in [0.1, 0.15) is 72.1 Å². The summed E-state index contributed by atoms with van der Waals surface area (Å²) >= 11 is 0. The number of carbonyl (C=O) groups is 1. The Morgan fingerprint density at radius 1 is 1.11 bits per heavy atom. The highest BCUT2D eigenvalue weighted by molar-refractivity contribution is 5.78. The monoisotopic (exact) mass is 269 g/mol. The first-order valence-corrected chi connectivity index (χ1v) is 7.72. The summed E-state index contributed by atoms with van der Waals surface area (Å²) in [4.78, 5) is 15.8. The summed E-state index contributed by atoms with van der Waals surface area (Å²) < 4.78 is 4.75. The van der Waals surface area contributed by atoms with Crippen molar-refractivity contribution in [2.75, 3.05) is 7.11 Å². The summed E-state index contributed by atoms with van der Waals surface area (Å²) in [6, 6.07) is -0.338. The lowest BCUT2D eigenvalue weighted by molar-refractivity contribution is -0.143. The SMILES string of the molecule is CCCCCCCCCC=N[C@H](C(=O)OC)C(C)C. The average Bonchev–Trinajstić information content (AvgIpc) is 2.40. The first kappa shape index (κ1) is 18.1. The number of esters is 1. The van der Waals surface area contributed by atoms with Gasteiger partial charge in [0.25, 0.3) is 0 Å². The van der Waals surface area contributed by atoms with Gasteiger partial charge in [-0.05, 0) is 25.0 Å². The molecule has 0 heterocycles. The summed E-state index contributed by atoms with van der Waals surface area (Å²) in [6.45, 7) is 6.22. The summed E-state index contributed by atoms with van der Waals surface area (Å²) in [7, 11) is 1.42. The summed E-state index contributed by atoms with van der Waals surface area (Å²) in [5.41, 5.74) is 0. The summed E-state index contributed by atoms with van der Waals surface area (Å²) in [5, 5.41) is 0. The van der Waals surface area contributed by atoms with Gasteiger partial charge >= 0.3 is 5.97 Å². The molecule has 0 rings (SSSR count). The minimum Gasteiger partial charge on any atom is -0.467 e. The molecule has 0 aliphatic rings. The van der Waals surface area contributed by atoms with Gasteiger partial charge in [-0.25, -0.2) is 4.79 Å². The van der Waals surface area contributed by atoms with Gasteiger partial charge in [0.15, 0.2) is 0 Å². The van der Waals surface area contributed by atoms with Crippen LogP contribution in [-0.2, 0) is 9.53 Å². The molecule has 0 saturated heterocycles. The van der Waals surface area contributed by atoms with E-state index in [0.717, 1.165) is 6.42 Å². The fraction of sp³-hybridized carbons (Fsp3) is 0.875. The number of hydrogen-bond acceptors (Lipinski definition) is 3. The Morgan fingerprint density at radius 2 is 1.68 bits per heavy atom. The second-order valence-corrected chi connectivity index (χ2v) is 5.45. The van der Waals surface area contributed by atoms with E-state index in [9.17, 15) is 4.79 Å². The molecular weight excluding hydrogens is 238 g/mol. The van der Waals surface area contributed by atoms with Gasteiger partial charge in [0, 0.05) is 0 Å². The molecule has 112 valence electrons. The van der Waals surface area contributed by atoms with Crippen LogP contribution in [0.25, 0.3) is 0 Å². The molecule has 19 heavy (non-hydrogen) atoms. The second kappa shape index (κ2) is 12.2. The molecule has 0 N–H and O–H groups in total. The van der Waals surface area contributed by atoms with E-state index >= 15 is 0 Å². The van der Waals surface area contributed by atoms with E-state index in [0.29, 0.717) is 0 Å². The van der Waals surface area contributed by atoms with Crippen molar-refractivity contribution < 1.29 is 9.53 Å². The van der Waals surface area contributed by atoms with E-state index in [4.69, 9.17) is 4.74 Å². The number of nitrogens with zero attached hydrogens (tertiary/aromatic N) is 1. The number of methoxy groups -OCH3 is 1. The van der Waals surface area contributed by atoms with Crippen molar-refractivity contribution in [3.63, 3.8) is 0 Å². The van der Waals surface area contributed by atoms with Crippen molar-refractivity contribution in [1.29, 1.82) is 0 Å². The Labute approximate surface area is 118 Å². The molecule has 0 aromatic heterocycles. The lowest BCUT2D eigenvalue weighted by atomic mass is 10.1. The fourth-order valence-corrected chi connectivity index (χ4v) is 2.01. The first-order valence-electron chi connectivity index (χ1n) is 7.72. The van der Waals surface area contributed by atoms with E-state index < -0.39 is 0 Å². The minimum absolute atomic E-state index is 0.192. The molecule has 0 fully saturated rings. The zero-order valence-corrected chi connectivity index (χ0v) is 13.2. The maximum atomic E-state index is 11.5. The van der Waals surface area contributed by atoms with Crippen LogP contribution in [0.15, 0.2) is 4.99 Å². The second-order valence-electron chi connectivity index (χ2n) is 5.45. The normalized spacial score (nSPS) is 13.1. The average molecular weight is 269 g/mol. The van der Waals surface area contributed by atoms with Crippen molar-refractivity contribution in [3.8, 4) is 0 Å². The van der Waals surface area contributed by atoms with Crippen LogP contribution in [0.5, 0.6) is 0 Å². The van der Waals surface area contributed by atoms with Crippen molar-refractivity contribution in [2.45, 2.75) is 78.2 Å². The molecule has 0 bridgehead atoms. The van der Waals surface area contributed by atoms with Crippen molar-refractivity contribution in [3.05, 3.63) is 0 Å². The predicted molar refractivity (Wildman–Crippen MR) is 81.7 cm³/mol. The topological polar surface area (TPSA) is 38.7 Å². The van der Waals surface area contributed by atoms with Gasteiger partial charge in [-0.3, -0.25) is 4.99 Å². The summed E-state index contributed by atoms with van der Waals surface area (Å²) in [5.74, 6) is -0.0384. The highest BCUT2D eigenvalue weighted by Gasteiger charge is 2.20. The predicted octanol–water partition coefficient (Wildman–Crippen LogP) is 4.40. The van der Waals surface area contributed by atoms with Crippen LogP contribution in [0.4, 0.5) is 0 Å². The number of unbranched alkanes of at least 4 members (excludes halogenated alkanes) is 7. The maximum absolute atomic E-state index is 11.5. The van der Waals surface area contributed by atoms with Gasteiger partial charge in [-0.15, -0.1) is 0 Å². The molecule has 0 aliphatic heterocycles. The molecule has 0 aromatic rings. The fourth-order valence-electron chi connectivity index (χ4n) is 2.01. The number of rotatable bonds is 11. The van der Waals surface area contributed by atoms with Crippen LogP contribution < -0.4 is 0 Å². The molecule has 0 saturated carbocycles. The number of hydrogen-bond donors (Lipinski definition) is 0. The Hall–Kier alpha value is -0.860. The maximum Gasteiger partial charge on any atom is 0.330 e. The van der Waals surface area contributed by atoms with Crippen molar-refractivity contribution in [2.24, 2.45) is 10.9 Å². The number of ether oxygens (including phenoxy) is 1. The molecule has 0 radical (unpaired) electrons. The number of aliphatic imine (C=N–C) groups is 1. The molecule has 0 aliphatic carbocycles. The van der Waals surface area contributed by atoms with Crippen LogP contribution in [-0.4, -0.2) is 25.3 Å². The molecule has 3 heteroatoms. The summed E-state index contributed by atoms with van der Waals surface area (Å²) in [6.07, 6.45) is 12.0. The molecule has 3 nitrogen and oxygen atoms in total. The van der Waals surface area contributed by atoms with Crippen LogP contribution in [0.2, 0.25) is 0 Å². The largest absolute Gasteiger partial charge is 0.467 e. The first-order chi connectivity index (χ1) is 9.13. The molecule has 0 spiro atoms. The lowest BCUT2D eigenvalue weighted by Gasteiger charge is -2.13. The molecule has 0 aromatic carbocycles. The zero-order valence-electron chi connectivity index (χ0n) is 13.2. The van der Waals surface area contributed by atoms with Gasteiger partial charge in [0.2, 0.25) is 0 Å². The van der Waals surface area contributed by atoms with Gasteiger partial charge < -0.3 is 4.74 Å². The van der Waals surface area contributed by atoms with Gasteiger partial charge in [-0.1, -0.05) is 59.3 Å². The minimum atomic E-state index is -0.338. The number of carbonyl (C=O) groups excluding carboxylic acids is 1. The molecule has 1 atom stereocenters. The van der Waals surface area contributed by atoms with E-state index in [1.54, 1.807) is 0 Å². The Kier molecular flexibility index (Phi) is 11.6. The van der Waals surface area contributed by atoms with Crippen LogP contribution in [0.3, 0.4) is 0 Å². The standard InChI is InChI=1S/C16H31NO2/c1-5-6-7-8-9-10-11-12-13-17-15(14(2)3)16(18)19-4/h13-15H,5-12H2,1-4H3/t15-/m0/s1. The van der Waals surface area contributed by atoms with Gasteiger partial charge in [0.1, 0.15) is 6.04 Å². The third-order valence-corrected chi connectivity index (χ3v) is 3.28.